The third kappa shape index (κ3) is 5.14. The summed E-state index contributed by atoms with van der Waals surface area (Å²) < 4.78 is 0. The molecule has 1 amide bonds. The smallest absolute Gasteiger partial charge is 0.255 e. The first-order chi connectivity index (χ1) is 12.9. The molecule has 0 spiro atoms. The largest absolute Gasteiger partial charge is 0.364 e. The van der Waals surface area contributed by atoms with Crippen LogP contribution in [-0.2, 0) is 12.0 Å². The van der Waals surface area contributed by atoms with Gasteiger partial charge in [-0.2, -0.15) is 0 Å². The van der Waals surface area contributed by atoms with E-state index in [4.69, 9.17) is 0 Å². The number of anilines is 2. The molecule has 5 heteroatoms. The van der Waals surface area contributed by atoms with E-state index in [1.807, 2.05) is 42.5 Å². The Bertz CT molecular complexity index is 900. The Balaban J connectivity index is 1.64. The lowest BCUT2D eigenvalue weighted by molar-refractivity contribution is 0.102. The van der Waals surface area contributed by atoms with Gasteiger partial charge < -0.3 is 10.6 Å². The molecule has 0 radical (unpaired) electrons. The van der Waals surface area contributed by atoms with Gasteiger partial charge in [-0.15, -0.1) is 0 Å². The van der Waals surface area contributed by atoms with Crippen LogP contribution >= 0.6 is 0 Å². The van der Waals surface area contributed by atoms with Gasteiger partial charge in [0.15, 0.2) is 0 Å². The molecule has 0 atom stereocenters. The Kier molecular flexibility index (Phi) is 5.50. The van der Waals surface area contributed by atoms with E-state index in [0.29, 0.717) is 17.9 Å². The highest BCUT2D eigenvalue weighted by atomic mass is 16.1. The second-order valence-corrected chi connectivity index (χ2v) is 7.39. The van der Waals surface area contributed by atoms with Crippen LogP contribution in [0.1, 0.15) is 42.4 Å². The van der Waals surface area contributed by atoms with Crippen LogP contribution in [0.2, 0.25) is 0 Å². The lowest BCUT2D eigenvalue weighted by Crippen LogP contribution is -2.14. The summed E-state index contributed by atoms with van der Waals surface area (Å²) in [4.78, 5) is 21.1. The van der Waals surface area contributed by atoms with Crippen LogP contribution in [0.15, 0.2) is 67.0 Å². The molecule has 1 aromatic carbocycles. The summed E-state index contributed by atoms with van der Waals surface area (Å²) in [6, 6.07) is 17.1. The van der Waals surface area contributed by atoms with Crippen LogP contribution in [0, 0.1) is 0 Å². The summed E-state index contributed by atoms with van der Waals surface area (Å²) in [5.41, 5.74) is 3.54. The fourth-order valence-electron chi connectivity index (χ4n) is 2.61. The van der Waals surface area contributed by atoms with E-state index >= 15 is 0 Å². The first-order valence-corrected chi connectivity index (χ1v) is 8.93. The van der Waals surface area contributed by atoms with Crippen LogP contribution in [-0.4, -0.2) is 15.9 Å². The summed E-state index contributed by atoms with van der Waals surface area (Å²) in [6.07, 6.45) is 3.37. The summed E-state index contributed by atoms with van der Waals surface area (Å²) in [5, 5.41) is 6.12. The van der Waals surface area contributed by atoms with E-state index in [9.17, 15) is 4.79 Å². The molecule has 2 N–H and O–H groups in total. The molecule has 5 nitrogen and oxygen atoms in total. The maximum Gasteiger partial charge on any atom is 0.255 e. The zero-order chi connectivity index (χ0) is 19.3. The van der Waals surface area contributed by atoms with E-state index in [-0.39, 0.29) is 11.3 Å². The minimum absolute atomic E-state index is 0.0851. The van der Waals surface area contributed by atoms with Crippen LogP contribution in [0.4, 0.5) is 11.5 Å². The molecule has 27 heavy (non-hydrogen) atoms. The molecule has 0 saturated heterocycles. The fraction of sp³-hybridized carbons (Fsp3) is 0.227. The number of rotatable bonds is 5. The molecule has 0 aliphatic heterocycles. The first-order valence-electron chi connectivity index (χ1n) is 8.93. The highest BCUT2D eigenvalue weighted by molar-refractivity contribution is 6.04. The van der Waals surface area contributed by atoms with Crippen LogP contribution in [0.5, 0.6) is 0 Å². The highest BCUT2D eigenvalue weighted by Crippen LogP contribution is 2.23. The normalized spacial score (nSPS) is 11.1. The predicted octanol–water partition coefficient (Wildman–Crippen LogP) is 4.64. The molecule has 0 bridgehead atoms. The average Bonchev–Trinajstić information content (AvgIpc) is 2.67. The number of nitrogens with zero attached hydrogens (tertiary/aromatic N) is 2. The number of carbonyl (C=O) groups excluding carboxylic acids is 1. The standard InChI is InChI=1S/C22H24N4O/c1-22(2,3)17-7-9-18(10-8-17)26-21(27)16-11-13-24-20(14-16)25-15-19-6-4-5-12-23-19/h4-14H,15H2,1-3H3,(H,24,25)(H,26,27). The second-order valence-electron chi connectivity index (χ2n) is 7.39. The molecule has 0 unspecified atom stereocenters. The van der Waals surface area contributed by atoms with Crippen LogP contribution < -0.4 is 10.6 Å². The van der Waals surface area contributed by atoms with Crippen molar-refractivity contribution in [3.63, 3.8) is 0 Å². The van der Waals surface area contributed by atoms with E-state index in [1.54, 1.807) is 24.5 Å². The average molecular weight is 360 g/mol. The number of hydrogen-bond donors (Lipinski definition) is 2. The van der Waals surface area contributed by atoms with Gasteiger partial charge in [-0.05, 0) is 47.4 Å². The maximum absolute atomic E-state index is 12.5. The molecule has 0 aliphatic rings. The van der Waals surface area contributed by atoms with Gasteiger partial charge in [0.05, 0.1) is 12.2 Å². The van der Waals surface area contributed by atoms with Gasteiger partial charge in [0.25, 0.3) is 5.91 Å². The Morgan fingerprint density at radius 2 is 1.74 bits per heavy atom. The fourth-order valence-corrected chi connectivity index (χ4v) is 2.61. The molecule has 138 valence electrons. The Morgan fingerprint density at radius 1 is 0.963 bits per heavy atom. The van der Waals surface area contributed by atoms with Gasteiger partial charge >= 0.3 is 0 Å². The molecular formula is C22H24N4O. The van der Waals surface area contributed by atoms with Crippen molar-refractivity contribution in [3.8, 4) is 0 Å². The monoisotopic (exact) mass is 360 g/mol. The van der Waals surface area contributed by atoms with Crippen LogP contribution in [0.3, 0.4) is 0 Å². The van der Waals surface area contributed by atoms with Crippen molar-refractivity contribution in [2.24, 2.45) is 0 Å². The number of nitrogens with one attached hydrogen (secondary N) is 2. The summed E-state index contributed by atoms with van der Waals surface area (Å²) >= 11 is 0. The minimum atomic E-state index is -0.165. The van der Waals surface area contributed by atoms with E-state index < -0.39 is 0 Å². The number of pyridine rings is 2. The molecule has 0 fully saturated rings. The van der Waals surface area contributed by atoms with Crippen molar-refractivity contribution in [2.45, 2.75) is 32.7 Å². The number of aromatic nitrogens is 2. The SMILES string of the molecule is CC(C)(C)c1ccc(NC(=O)c2ccnc(NCc3ccccn3)c2)cc1. The number of carbonyl (C=O) groups is 1. The molecule has 3 rings (SSSR count). The number of hydrogen-bond acceptors (Lipinski definition) is 4. The molecular weight excluding hydrogens is 336 g/mol. The zero-order valence-electron chi connectivity index (χ0n) is 15.9. The topological polar surface area (TPSA) is 66.9 Å². The van der Waals surface area contributed by atoms with Crippen molar-refractivity contribution in [1.29, 1.82) is 0 Å². The second kappa shape index (κ2) is 7.99. The van der Waals surface area contributed by atoms with Crippen molar-refractivity contribution >= 4 is 17.4 Å². The number of amides is 1. The van der Waals surface area contributed by atoms with Gasteiger partial charge in [0.2, 0.25) is 0 Å². The maximum atomic E-state index is 12.5. The van der Waals surface area contributed by atoms with Gasteiger partial charge in [-0.1, -0.05) is 39.0 Å². The van der Waals surface area contributed by atoms with Crippen molar-refractivity contribution in [2.75, 3.05) is 10.6 Å². The summed E-state index contributed by atoms with van der Waals surface area (Å²) in [7, 11) is 0. The van der Waals surface area contributed by atoms with Gasteiger partial charge in [0.1, 0.15) is 5.82 Å². The molecule has 2 aromatic heterocycles. The first kappa shape index (κ1) is 18.6. The lowest BCUT2D eigenvalue weighted by atomic mass is 9.87. The van der Waals surface area contributed by atoms with E-state index in [2.05, 4.69) is 41.4 Å². The highest BCUT2D eigenvalue weighted by Gasteiger charge is 2.13. The van der Waals surface area contributed by atoms with Crippen molar-refractivity contribution < 1.29 is 4.79 Å². The summed E-state index contributed by atoms with van der Waals surface area (Å²) in [6.45, 7) is 7.04. The lowest BCUT2D eigenvalue weighted by Gasteiger charge is -2.19. The van der Waals surface area contributed by atoms with E-state index in [1.165, 1.54) is 5.56 Å². The van der Waals surface area contributed by atoms with E-state index in [0.717, 1.165) is 11.4 Å². The van der Waals surface area contributed by atoms with Gasteiger partial charge in [0, 0.05) is 23.6 Å². The Morgan fingerprint density at radius 3 is 2.41 bits per heavy atom. The molecule has 0 saturated carbocycles. The molecule has 0 aliphatic carbocycles. The van der Waals surface area contributed by atoms with Gasteiger partial charge in [-0.25, -0.2) is 4.98 Å². The quantitative estimate of drug-likeness (QED) is 0.696. The minimum Gasteiger partial charge on any atom is -0.364 e. The third-order valence-electron chi connectivity index (χ3n) is 4.21. The molecule has 3 aromatic rings. The predicted molar refractivity (Wildman–Crippen MR) is 109 cm³/mol. The number of benzene rings is 1. The van der Waals surface area contributed by atoms with Crippen molar-refractivity contribution in [1.82, 2.24) is 9.97 Å². The van der Waals surface area contributed by atoms with Crippen LogP contribution in [0.25, 0.3) is 0 Å². The third-order valence-corrected chi connectivity index (χ3v) is 4.21. The summed E-state index contributed by atoms with van der Waals surface area (Å²) in [5.74, 6) is 0.471. The Labute approximate surface area is 159 Å². The van der Waals surface area contributed by atoms with Crippen molar-refractivity contribution in [3.05, 3.63) is 83.8 Å². The molecule has 2 heterocycles. The zero-order valence-corrected chi connectivity index (χ0v) is 15.9. The Hall–Kier alpha value is -3.21. The van der Waals surface area contributed by atoms with Gasteiger partial charge in [-0.3, -0.25) is 9.78 Å².